The first-order valence-electron chi connectivity index (χ1n) is 10.1. The minimum atomic E-state index is 0.279. The average molecular weight is 400 g/mol. The molecule has 1 N–H and O–H groups in total. The van der Waals surface area contributed by atoms with E-state index in [1.807, 2.05) is 12.1 Å². The van der Waals surface area contributed by atoms with Crippen LogP contribution in [0.5, 0.6) is 0 Å². The van der Waals surface area contributed by atoms with Crippen molar-refractivity contribution in [3.8, 4) is 6.07 Å². The van der Waals surface area contributed by atoms with Crippen molar-refractivity contribution >= 4 is 17.3 Å². The van der Waals surface area contributed by atoms with E-state index in [1.165, 1.54) is 11.3 Å². The molecule has 1 unspecified atom stereocenters. The van der Waals surface area contributed by atoms with Crippen LogP contribution in [0.1, 0.15) is 35.8 Å². The molecule has 0 radical (unpaired) electrons. The summed E-state index contributed by atoms with van der Waals surface area (Å²) in [6.45, 7) is 1.97. The highest BCUT2D eigenvalue weighted by Crippen LogP contribution is 2.32. The first kappa shape index (κ1) is 19.8. The van der Waals surface area contributed by atoms with E-state index in [-0.39, 0.29) is 6.04 Å². The Hall–Kier alpha value is -3.50. The second kappa shape index (κ2) is 8.89. The Morgan fingerprint density at radius 2 is 1.97 bits per heavy atom. The number of rotatable bonds is 6. The molecule has 7 heteroatoms. The number of nitrogens with zero attached hydrogens (tertiary/aromatic N) is 6. The van der Waals surface area contributed by atoms with Crippen molar-refractivity contribution in [2.75, 3.05) is 30.9 Å². The summed E-state index contributed by atoms with van der Waals surface area (Å²) in [5.74, 6) is 0.543. The third-order valence-corrected chi connectivity index (χ3v) is 5.35. The standard InChI is InChI=1S/C23H25N7/c1-29(2)20-9-5-17(6-10-20)16-30-13-3-4-22(30)21-11-12-25-23(28-21)27-19-8-7-18(14-24)26-15-19/h5-12,15,22H,3-4,13,16H2,1-2H3,(H,25,27,28). The fourth-order valence-corrected chi connectivity index (χ4v) is 3.77. The zero-order chi connectivity index (χ0) is 20.9. The molecule has 0 bridgehead atoms. The summed E-state index contributed by atoms with van der Waals surface area (Å²) in [7, 11) is 4.11. The molecule has 152 valence electrons. The molecule has 30 heavy (non-hydrogen) atoms. The Kier molecular flexibility index (Phi) is 5.87. The van der Waals surface area contributed by atoms with E-state index in [0.717, 1.165) is 37.3 Å². The Morgan fingerprint density at radius 1 is 1.13 bits per heavy atom. The molecule has 1 fully saturated rings. The minimum Gasteiger partial charge on any atom is -0.378 e. The van der Waals surface area contributed by atoms with Crippen molar-refractivity contribution in [3.63, 3.8) is 0 Å². The largest absolute Gasteiger partial charge is 0.378 e. The van der Waals surface area contributed by atoms with Crippen LogP contribution in [0, 0.1) is 11.3 Å². The third kappa shape index (κ3) is 4.56. The van der Waals surface area contributed by atoms with E-state index in [0.29, 0.717) is 11.6 Å². The van der Waals surface area contributed by atoms with Crippen LogP contribution in [0.2, 0.25) is 0 Å². The normalized spacial score (nSPS) is 16.2. The lowest BCUT2D eigenvalue weighted by atomic mass is 10.1. The number of hydrogen-bond acceptors (Lipinski definition) is 7. The highest BCUT2D eigenvalue weighted by molar-refractivity contribution is 5.52. The Bertz CT molecular complexity index is 1020. The van der Waals surface area contributed by atoms with Crippen LogP contribution in [0.15, 0.2) is 54.9 Å². The van der Waals surface area contributed by atoms with Crippen LogP contribution in [0.3, 0.4) is 0 Å². The summed E-state index contributed by atoms with van der Waals surface area (Å²) < 4.78 is 0. The zero-order valence-corrected chi connectivity index (χ0v) is 17.3. The summed E-state index contributed by atoms with van der Waals surface area (Å²) in [6, 6.07) is 16.5. The molecule has 0 aliphatic carbocycles. The van der Waals surface area contributed by atoms with Gasteiger partial charge in [0.15, 0.2) is 0 Å². The molecule has 4 rings (SSSR count). The first-order chi connectivity index (χ1) is 14.6. The summed E-state index contributed by atoms with van der Waals surface area (Å²) in [6.07, 6.45) is 5.66. The number of nitrogens with one attached hydrogen (secondary N) is 1. The molecule has 3 aromatic rings. The summed E-state index contributed by atoms with van der Waals surface area (Å²) >= 11 is 0. The number of likely N-dealkylation sites (tertiary alicyclic amines) is 1. The van der Waals surface area contributed by atoms with Gasteiger partial charge in [0.2, 0.25) is 5.95 Å². The van der Waals surface area contributed by atoms with Gasteiger partial charge in [0.05, 0.1) is 23.6 Å². The molecular weight excluding hydrogens is 374 g/mol. The van der Waals surface area contributed by atoms with E-state index < -0.39 is 0 Å². The molecular formula is C23H25N7. The first-order valence-corrected chi connectivity index (χ1v) is 10.1. The highest BCUT2D eigenvalue weighted by atomic mass is 15.2. The smallest absolute Gasteiger partial charge is 0.227 e. The summed E-state index contributed by atoms with van der Waals surface area (Å²) in [5.41, 5.74) is 4.69. The predicted octanol–water partition coefficient (Wildman–Crippen LogP) is 3.89. The lowest BCUT2D eigenvalue weighted by Crippen LogP contribution is -2.23. The van der Waals surface area contributed by atoms with Gasteiger partial charge in [0.25, 0.3) is 0 Å². The van der Waals surface area contributed by atoms with Crippen molar-refractivity contribution in [2.45, 2.75) is 25.4 Å². The van der Waals surface area contributed by atoms with Crippen molar-refractivity contribution in [1.82, 2.24) is 19.9 Å². The van der Waals surface area contributed by atoms with E-state index >= 15 is 0 Å². The molecule has 1 aliphatic heterocycles. The van der Waals surface area contributed by atoms with E-state index in [2.05, 4.69) is 63.4 Å². The van der Waals surface area contributed by atoms with Crippen molar-refractivity contribution in [1.29, 1.82) is 5.26 Å². The number of nitriles is 1. The predicted molar refractivity (Wildman–Crippen MR) is 117 cm³/mol. The van der Waals surface area contributed by atoms with Gasteiger partial charge < -0.3 is 10.2 Å². The highest BCUT2D eigenvalue weighted by Gasteiger charge is 2.27. The fourth-order valence-electron chi connectivity index (χ4n) is 3.77. The quantitative estimate of drug-likeness (QED) is 0.673. The molecule has 3 heterocycles. The summed E-state index contributed by atoms with van der Waals surface area (Å²) in [4.78, 5) is 17.8. The monoisotopic (exact) mass is 399 g/mol. The van der Waals surface area contributed by atoms with Gasteiger partial charge in [0.1, 0.15) is 11.8 Å². The van der Waals surface area contributed by atoms with E-state index in [1.54, 1.807) is 24.5 Å². The third-order valence-electron chi connectivity index (χ3n) is 5.35. The van der Waals surface area contributed by atoms with Crippen molar-refractivity contribution in [3.05, 3.63) is 71.8 Å². The topological polar surface area (TPSA) is 81.0 Å². The van der Waals surface area contributed by atoms with Gasteiger partial charge in [0, 0.05) is 32.5 Å². The van der Waals surface area contributed by atoms with Gasteiger partial charge in [-0.25, -0.2) is 15.0 Å². The molecule has 1 atom stereocenters. The Morgan fingerprint density at radius 3 is 2.67 bits per heavy atom. The van der Waals surface area contributed by atoms with E-state index in [4.69, 9.17) is 10.2 Å². The van der Waals surface area contributed by atoms with Crippen LogP contribution in [-0.2, 0) is 6.54 Å². The van der Waals surface area contributed by atoms with Gasteiger partial charge in [-0.15, -0.1) is 0 Å². The van der Waals surface area contributed by atoms with Gasteiger partial charge in [-0.1, -0.05) is 12.1 Å². The molecule has 2 aromatic heterocycles. The maximum Gasteiger partial charge on any atom is 0.227 e. The second-order valence-corrected chi connectivity index (χ2v) is 7.66. The van der Waals surface area contributed by atoms with Gasteiger partial charge in [-0.2, -0.15) is 5.26 Å². The lowest BCUT2D eigenvalue weighted by molar-refractivity contribution is 0.244. The van der Waals surface area contributed by atoms with Crippen LogP contribution in [0.4, 0.5) is 17.3 Å². The van der Waals surface area contributed by atoms with Crippen LogP contribution < -0.4 is 10.2 Å². The molecule has 1 aromatic carbocycles. The van der Waals surface area contributed by atoms with Crippen molar-refractivity contribution < 1.29 is 0 Å². The minimum absolute atomic E-state index is 0.279. The molecule has 1 saturated heterocycles. The molecule has 0 amide bonds. The molecule has 1 aliphatic rings. The zero-order valence-electron chi connectivity index (χ0n) is 17.3. The van der Waals surface area contributed by atoms with Crippen LogP contribution in [0.25, 0.3) is 0 Å². The number of pyridine rings is 1. The number of anilines is 3. The maximum absolute atomic E-state index is 8.88. The van der Waals surface area contributed by atoms with Gasteiger partial charge in [-0.05, 0) is 55.3 Å². The average Bonchev–Trinajstić information content (AvgIpc) is 3.23. The lowest BCUT2D eigenvalue weighted by Gasteiger charge is -2.24. The van der Waals surface area contributed by atoms with Crippen LogP contribution >= 0.6 is 0 Å². The van der Waals surface area contributed by atoms with Crippen LogP contribution in [-0.4, -0.2) is 40.5 Å². The maximum atomic E-state index is 8.88. The Balaban J connectivity index is 1.47. The fraction of sp³-hybridized carbons (Fsp3) is 0.304. The SMILES string of the molecule is CN(C)c1ccc(CN2CCCC2c2ccnc(Nc3ccc(C#N)nc3)n2)cc1. The molecule has 0 spiro atoms. The van der Waals surface area contributed by atoms with Crippen molar-refractivity contribution in [2.24, 2.45) is 0 Å². The molecule has 7 nitrogen and oxygen atoms in total. The summed E-state index contributed by atoms with van der Waals surface area (Å²) in [5, 5.41) is 12.1. The van der Waals surface area contributed by atoms with Gasteiger partial charge in [-0.3, -0.25) is 4.90 Å². The van der Waals surface area contributed by atoms with E-state index in [9.17, 15) is 0 Å². The molecule has 0 saturated carbocycles. The Labute approximate surface area is 177 Å². The van der Waals surface area contributed by atoms with Gasteiger partial charge >= 0.3 is 0 Å². The number of benzene rings is 1. The number of aromatic nitrogens is 3. The number of hydrogen-bond donors (Lipinski definition) is 1. The second-order valence-electron chi connectivity index (χ2n) is 7.66.